The maximum atomic E-state index is 14.6. The van der Waals surface area contributed by atoms with Crippen LogP contribution in [0.3, 0.4) is 0 Å². The van der Waals surface area contributed by atoms with Gasteiger partial charge in [0, 0.05) is 18.2 Å². The lowest BCUT2D eigenvalue weighted by Crippen LogP contribution is -2.46. The van der Waals surface area contributed by atoms with Crippen molar-refractivity contribution in [2.75, 3.05) is 26.7 Å². The number of ether oxygens (including phenoxy) is 4. The second-order valence-corrected chi connectivity index (χ2v) is 11.9. The number of rotatable bonds is 10. The Hall–Kier alpha value is -4.77. The molecule has 0 saturated heterocycles. The summed E-state index contributed by atoms with van der Waals surface area (Å²) >= 11 is 1.02. The second-order valence-electron chi connectivity index (χ2n) is 11.1. The van der Waals surface area contributed by atoms with Crippen LogP contribution in [-0.4, -0.2) is 48.1 Å². The molecule has 10 nitrogen and oxygen atoms in total. The van der Waals surface area contributed by atoms with Crippen molar-refractivity contribution in [3.63, 3.8) is 0 Å². The number of aromatic nitrogens is 1. The SMILES string of the molecule is COc1ccc(-c2nsc(C(=O)N(Cc3ccc4c(c3)OCO4)[C@H](C(=O)NC3CCCCC3)c3ccc(OC)cc3)c2N)cc1. The van der Waals surface area contributed by atoms with E-state index in [9.17, 15) is 9.59 Å². The van der Waals surface area contributed by atoms with E-state index < -0.39 is 11.9 Å². The Morgan fingerprint density at radius 1 is 0.956 bits per heavy atom. The molecule has 2 amide bonds. The number of amides is 2. The molecule has 1 aromatic heterocycles. The van der Waals surface area contributed by atoms with Gasteiger partial charge < -0.3 is 34.9 Å². The van der Waals surface area contributed by atoms with Gasteiger partial charge >= 0.3 is 0 Å². The largest absolute Gasteiger partial charge is 0.497 e. The first-order chi connectivity index (χ1) is 21.9. The summed E-state index contributed by atoms with van der Waals surface area (Å²) in [6.45, 7) is 0.241. The Balaban J connectivity index is 1.41. The topological polar surface area (TPSA) is 125 Å². The second kappa shape index (κ2) is 13.5. The third-order valence-electron chi connectivity index (χ3n) is 8.28. The first kappa shape index (κ1) is 30.3. The number of carbonyl (C=O) groups excluding carboxylic acids is 2. The molecule has 1 aliphatic heterocycles. The summed E-state index contributed by atoms with van der Waals surface area (Å²) in [5, 5.41) is 3.25. The molecule has 1 saturated carbocycles. The van der Waals surface area contributed by atoms with Gasteiger partial charge in [-0.3, -0.25) is 9.59 Å². The molecular formula is C34H36N4O6S. The number of carbonyl (C=O) groups is 2. The minimum absolute atomic E-state index is 0.0460. The fraction of sp³-hybridized carbons (Fsp3) is 0.324. The van der Waals surface area contributed by atoms with Crippen molar-refractivity contribution in [1.82, 2.24) is 14.6 Å². The van der Waals surface area contributed by atoms with E-state index in [1.54, 1.807) is 31.3 Å². The number of fused-ring (bicyclic) bond motifs is 1. The molecule has 3 N–H and O–H groups in total. The first-order valence-corrected chi connectivity index (χ1v) is 15.8. The van der Waals surface area contributed by atoms with Crippen LogP contribution in [-0.2, 0) is 11.3 Å². The Kier molecular flexibility index (Phi) is 9.06. The minimum Gasteiger partial charge on any atom is -0.497 e. The third kappa shape index (κ3) is 6.53. The number of nitrogens with one attached hydrogen (secondary N) is 1. The monoisotopic (exact) mass is 628 g/mol. The quantitative estimate of drug-likeness (QED) is 0.220. The molecule has 1 fully saturated rings. The molecule has 234 valence electrons. The molecule has 2 heterocycles. The Morgan fingerprint density at radius 3 is 2.31 bits per heavy atom. The lowest BCUT2D eigenvalue weighted by molar-refractivity contribution is -0.127. The Labute approximate surface area is 266 Å². The summed E-state index contributed by atoms with van der Waals surface area (Å²) < 4.78 is 26.4. The maximum Gasteiger partial charge on any atom is 0.268 e. The van der Waals surface area contributed by atoms with Crippen LogP contribution in [0.5, 0.6) is 23.0 Å². The molecular weight excluding hydrogens is 592 g/mol. The number of hydrogen-bond donors (Lipinski definition) is 2. The van der Waals surface area contributed by atoms with Crippen LogP contribution >= 0.6 is 11.5 Å². The van der Waals surface area contributed by atoms with E-state index in [0.717, 1.165) is 54.8 Å². The van der Waals surface area contributed by atoms with E-state index in [2.05, 4.69) is 9.69 Å². The third-order valence-corrected chi connectivity index (χ3v) is 9.13. The fourth-order valence-electron chi connectivity index (χ4n) is 5.84. The highest BCUT2D eigenvalue weighted by atomic mass is 32.1. The highest BCUT2D eigenvalue weighted by Crippen LogP contribution is 2.37. The summed E-state index contributed by atoms with van der Waals surface area (Å²) in [4.78, 5) is 30.7. The molecule has 2 aliphatic rings. The van der Waals surface area contributed by atoms with Crippen LogP contribution in [0.4, 0.5) is 5.69 Å². The van der Waals surface area contributed by atoms with E-state index in [0.29, 0.717) is 34.3 Å². The van der Waals surface area contributed by atoms with Gasteiger partial charge in [0.15, 0.2) is 11.5 Å². The minimum atomic E-state index is -0.957. The van der Waals surface area contributed by atoms with E-state index in [4.69, 9.17) is 24.7 Å². The predicted octanol–water partition coefficient (Wildman–Crippen LogP) is 5.97. The van der Waals surface area contributed by atoms with E-state index in [1.165, 1.54) is 0 Å². The number of nitrogens with zero attached hydrogens (tertiary/aromatic N) is 2. The summed E-state index contributed by atoms with van der Waals surface area (Å²) in [5.41, 5.74) is 9.57. The van der Waals surface area contributed by atoms with Crippen molar-refractivity contribution in [2.45, 2.75) is 50.7 Å². The molecule has 11 heteroatoms. The summed E-state index contributed by atoms with van der Waals surface area (Å²) in [6, 6.07) is 19.2. The van der Waals surface area contributed by atoms with E-state index >= 15 is 0 Å². The van der Waals surface area contributed by atoms with Crippen molar-refractivity contribution in [1.29, 1.82) is 0 Å². The zero-order valence-electron chi connectivity index (χ0n) is 25.3. The predicted molar refractivity (Wildman–Crippen MR) is 172 cm³/mol. The summed E-state index contributed by atoms with van der Waals surface area (Å²) in [6.07, 6.45) is 5.09. The molecule has 0 spiro atoms. The molecule has 1 aliphatic carbocycles. The fourth-order valence-corrected chi connectivity index (χ4v) is 6.62. The van der Waals surface area contributed by atoms with Gasteiger partial charge in [0.05, 0.1) is 19.9 Å². The van der Waals surface area contributed by atoms with Crippen LogP contribution in [0.15, 0.2) is 66.7 Å². The molecule has 6 rings (SSSR count). The molecule has 1 atom stereocenters. The van der Waals surface area contributed by atoms with Crippen molar-refractivity contribution >= 4 is 29.0 Å². The van der Waals surface area contributed by atoms with Crippen molar-refractivity contribution in [3.05, 3.63) is 82.7 Å². The van der Waals surface area contributed by atoms with Crippen LogP contribution in [0.2, 0.25) is 0 Å². The molecule has 3 aromatic carbocycles. The molecule has 0 unspecified atom stereocenters. The normalized spacial score (nSPS) is 14.9. The molecule has 45 heavy (non-hydrogen) atoms. The van der Waals surface area contributed by atoms with Gasteiger partial charge in [-0.1, -0.05) is 37.5 Å². The van der Waals surface area contributed by atoms with Gasteiger partial charge in [0.25, 0.3) is 5.91 Å². The number of benzene rings is 3. The van der Waals surface area contributed by atoms with Crippen LogP contribution in [0, 0.1) is 0 Å². The number of anilines is 1. The molecule has 0 radical (unpaired) electrons. The molecule has 4 aromatic rings. The van der Waals surface area contributed by atoms with Crippen LogP contribution in [0.25, 0.3) is 11.3 Å². The van der Waals surface area contributed by atoms with Crippen LogP contribution < -0.4 is 30.0 Å². The molecule has 0 bridgehead atoms. The standard InChI is InChI=1S/C34H36N4O6S/c1-41-25-13-9-22(10-14-25)30-29(35)32(45-37-30)34(40)38(19-21-8-17-27-28(18-21)44-20-43-27)31(23-11-15-26(42-2)16-12-23)33(39)36-24-6-4-3-5-7-24/h8-18,24,31H,3-7,19-20,35H2,1-2H3,(H,36,39)/t31-/m0/s1. The van der Waals surface area contributed by atoms with Gasteiger partial charge in [-0.2, -0.15) is 4.37 Å². The smallest absolute Gasteiger partial charge is 0.268 e. The van der Waals surface area contributed by atoms with E-state index in [1.807, 2.05) is 54.6 Å². The number of methoxy groups -OCH3 is 2. The summed E-state index contributed by atoms with van der Waals surface area (Å²) in [7, 11) is 3.19. The van der Waals surface area contributed by atoms with Gasteiger partial charge in [0.1, 0.15) is 28.1 Å². The number of nitrogens with two attached hydrogens (primary N) is 1. The summed E-state index contributed by atoms with van der Waals surface area (Å²) in [5.74, 6) is 1.92. The average molecular weight is 629 g/mol. The highest BCUT2D eigenvalue weighted by molar-refractivity contribution is 7.09. The highest BCUT2D eigenvalue weighted by Gasteiger charge is 2.36. The number of hydrogen-bond acceptors (Lipinski definition) is 9. The zero-order chi connectivity index (χ0) is 31.3. The van der Waals surface area contributed by atoms with Crippen molar-refractivity contribution in [3.8, 4) is 34.3 Å². The number of nitrogen functional groups attached to an aromatic ring is 1. The maximum absolute atomic E-state index is 14.6. The van der Waals surface area contributed by atoms with Gasteiger partial charge in [-0.25, -0.2) is 0 Å². The van der Waals surface area contributed by atoms with Crippen molar-refractivity contribution in [2.24, 2.45) is 0 Å². The van der Waals surface area contributed by atoms with Gasteiger partial charge in [-0.05, 0) is 84.0 Å². The van der Waals surface area contributed by atoms with Gasteiger partial charge in [-0.15, -0.1) is 0 Å². The zero-order valence-corrected chi connectivity index (χ0v) is 26.1. The lowest BCUT2D eigenvalue weighted by Gasteiger charge is -2.33. The van der Waals surface area contributed by atoms with Crippen molar-refractivity contribution < 1.29 is 28.5 Å². The average Bonchev–Trinajstić information content (AvgIpc) is 3.71. The lowest BCUT2D eigenvalue weighted by atomic mass is 9.94. The first-order valence-electron chi connectivity index (χ1n) is 15.0. The van der Waals surface area contributed by atoms with Crippen LogP contribution in [0.1, 0.15) is 58.9 Å². The Morgan fingerprint density at radius 2 is 1.62 bits per heavy atom. The Bertz CT molecular complexity index is 1650. The van der Waals surface area contributed by atoms with E-state index in [-0.39, 0.29) is 35.9 Å². The van der Waals surface area contributed by atoms with Gasteiger partial charge in [0.2, 0.25) is 12.7 Å².